The molecule has 4 nitrogen and oxygen atoms in total. The highest BCUT2D eigenvalue weighted by atomic mass is 16.2. The van der Waals surface area contributed by atoms with Gasteiger partial charge in [-0.05, 0) is 37.8 Å². The van der Waals surface area contributed by atoms with Gasteiger partial charge in [0.25, 0.3) is 5.91 Å². The minimum atomic E-state index is -0.644. The van der Waals surface area contributed by atoms with Gasteiger partial charge in [0.1, 0.15) is 5.54 Å². The summed E-state index contributed by atoms with van der Waals surface area (Å²) in [5.41, 5.74) is 2.68. The van der Waals surface area contributed by atoms with E-state index in [4.69, 9.17) is 0 Å². The lowest BCUT2D eigenvalue weighted by Gasteiger charge is -2.28. The van der Waals surface area contributed by atoms with Gasteiger partial charge in [-0.25, -0.2) is 4.79 Å². The molecule has 1 aromatic carbocycles. The molecule has 1 N–H and O–H groups in total. The Morgan fingerprint density at radius 3 is 2.39 bits per heavy atom. The van der Waals surface area contributed by atoms with Crippen LogP contribution in [-0.2, 0) is 11.3 Å². The zero-order valence-electron chi connectivity index (χ0n) is 14.2. The average molecular weight is 314 g/mol. The SMILES string of the molecule is Cc1ccc(C)c(CN2C(=O)NC3(CCCCCCC3)C2=O)c1. The zero-order valence-corrected chi connectivity index (χ0v) is 14.2. The molecule has 1 spiro atoms. The summed E-state index contributed by atoms with van der Waals surface area (Å²) >= 11 is 0. The van der Waals surface area contributed by atoms with E-state index in [1.54, 1.807) is 0 Å². The fourth-order valence-corrected chi connectivity index (χ4v) is 3.81. The second-order valence-corrected chi connectivity index (χ2v) is 7.10. The van der Waals surface area contributed by atoms with Gasteiger partial charge in [0.15, 0.2) is 0 Å². The molecule has 3 amide bonds. The Morgan fingerprint density at radius 2 is 1.70 bits per heavy atom. The maximum absolute atomic E-state index is 13.0. The van der Waals surface area contributed by atoms with E-state index in [-0.39, 0.29) is 11.9 Å². The molecular weight excluding hydrogens is 288 g/mol. The topological polar surface area (TPSA) is 49.4 Å². The van der Waals surface area contributed by atoms with Gasteiger partial charge in [0.2, 0.25) is 0 Å². The summed E-state index contributed by atoms with van der Waals surface area (Å²) in [5.74, 6) is -0.0229. The van der Waals surface area contributed by atoms with Crippen molar-refractivity contribution in [2.75, 3.05) is 0 Å². The second-order valence-electron chi connectivity index (χ2n) is 7.10. The number of nitrogens with one attached hydrogen (secondary N) is 1. The number of amides is 3. The van der Waals surface area contributed by atoms with E-state index >= 15 is 0 Å². The summed E-state index contributed by atoms with van der Waals surface area (Å²) in [7, 11) is 0. The van der Waals surface area contributed by atoms with E-state index in [0.717, 1.165) is 55.2 Å². The molecule has 1 heterocycles. The largest absolute Gasteiger partial charge is 0.325 e. The van der Waals surface area contributed by atoms with Crippen LogP contribution in [0.15, 0.2) is 18.2 Å². The normalized spacial score (nSPS) is 21.2. The molecule has 1 aliphatic heterocycles. The van der Waals surface area contributed by atoms with E-state index in [1.807, 2.05) is 13.8 Å². The van der Waals surface area contributed by atoms with Crippen LogP contribution < -0.4 is 5.32 Å². The van der Waals surface area contributed by atoms with Crippen LogP contribution in [0.4, 0.5) is 4.79 Å². The number of nitrogens with zero attached hydrogens (tertiary/aromatic N) is 1. The predicted octanol–water partition coefficient (Wildman–Crippen LogP) is 3.84. The van der Waals surface area contributed by atoms with Crippen molar-refractivity contribution >= 4 is 11.9 Å². The Kier molecular flexibility index (Phi) is 4.42. The summed E-state index contributed by atoms with van der Waals surface area (Å²) < 4.78 is 0. The molecule has 0 atom stereocenters. The molecular formula is C19H26N2O2. The van der Waals surface area contributed by atoms with E-state index in [0.29, 0.717) is 6.54 Å². The summed E-state index contributed by atoms with van der Waals surface area (Å²) in [5, 5.41) is 3.03. The molecule has 1 aromatic rings. The first-order chi connectivity index (χ1) is 11.0. The van der Waals surface area contributed by atoms with Crippen LogP contribution in [-0.4, -0.2) is 22.4 Å². The maximum Gasteiger partial charge on any atom is 0.325 e. The zero-order chi connectivity index (χ0) is 16.4. The molecule has 0 bridgehead atoms. The van der Waals surface area contributed by atoms with E-state index in [9.17, 15) is 9.59 Å². The lowest BCUT2D eigenvalue weighted by atomic mass is 9.84. The monoisotopic (exact) mass is 314 g/mol. The van der Waals surface area contributed by atoms with Gasteiger partial charge >= 0.3 is 6.03 Å². The first-order valence-electron chi connectivity index (χ1n) is 8.72. The third-order valence-corrected chi connectivity index (χ3v) is 5.29. The Balaban J connectivity index is 1.82. The Morgan fingerprint density at radius 1 is 1.04 bits per heavy atom. The maximum atomic E-state index is 13.0. The van der Waals surface area contributed by atoms with Crippen LogP contribution >= 0.6 is 0 Å². The van der Waals surface area contributed by atoms with Crippen LogP contribution in [0, 0.1) is 13.8 Å². The van der Waals surface area contributed by atoms with Crippen molar-refractivity contribution in [3.05, 3.63) is 34.9 Å². The van der Waals surface area contributed by atoms with Gasteiger partial charge in [-0.1, -0.05) is 55.9 Å². The third kappa shape index (κ3) is 3.12. The van der Waals surface area contributed by atoms with Crippen molar-refractivity contribution in [2.24, 2.45) is 0 Å². The predicted molar refractivity (Wildman–Crippen MR) is 90.0 cm³/mol. The van der Waals surface area contributed by atoms with E-state index in [2.05, 4.69) is 23.5 Å². The highest BCUT2D eigenvalue weighted by Gasteiger charge is 2.50. The fraction of sp³-hybridized carbons (Fsp3) is 0.579. The van der Waals surface area contributed by atoms with Gasteiger partial charge in [-0.3, -0.25) is 9.69 Å². The Labute approximate surface area is 138 Å². The van der Waals surface area contributed by atoms with Crippen molar-refractivity contribution < 1.29 is 9.59 Å². The number of urea groups is 1. The quantitative estimate of drug-likeness (QED) is 0.843. The van der Waals surface area contributed by atoms with Crippen molar-refractivity contribution in [2.45, 2.75) is 70.9 Å². The standard InChI is InChI=1S/C19H26N2O2/c1-14-8-9-15(2)16(12-14)13-21-17(22)19(20-18(21)23)10-6-4-3-5-7-11-19/h8-9,12H,3-7,10-11,13H2,1-2H3,(H,20,23). The van der Waals surface area contributed by atoms with Crippen molar-refractivity contribution in [1.29, 1.82) is 0 Å². The molecule has 3 rings (SSSR count). The van der Waals surface area contributed by atoms with Gasteiger partial charge in [0, 0.05) is 0 Å². The van der Waals surface area contributed by atoms with E-state index in [1.165, 1.54) is 11.3 Å². The highest BCUT2D eigenvalue weighted by molar-refractivity contribution is 6.07. The molecule has 2 fully saturated rings. The Hall–Kier alpha value is -1.84. The molecule has 1 saturated carbocycles. The summed E-state index contributed by atoms with van der Waals surface area (Å²) in [6.45, 7) is 4.43. The number of carbonyl (C=O) groups excluding carboxylic acids is 2. The van der Waals surface area contributed by atoms with Gasteiger partial charge < -0.3 is 5.32 Å². The summed E-state index contributed by atoms with van der Waals surface area (Å²) in [6, 6.07) is 5.95. The van der Waals surface area contributed by atoms with Crippen LogP contribution in [0.2, 0.25) is 0 Å². The van der Waals surface area contributed by atoms with Gasteiger partial charge in [-0.15, -0.1) is 0 Å². The average Bonchev–Trinajstić information content (AvgIpc) is 2.72. The fourth-order valence-electron chi connectivity index (χ4n) is 3.81. The minimum Gasteiger partial charge on any atom is -0.323 e. The van der Waals surface area contributed by atoms with Crippen molar-refractivity contribution in [3.8, 4) is 0 Å². The lowest BCUT2D eigenvalue weighted by Crippen LogP contribution is -2.47. The highest BCUT2D eigenvalue weighted by Crippen LogP contribution is 2.33. The van der Waals surface area contributed by atoms with Gasteiger partial charge in [-0.2, -0.15) is 0 Å². The third-order valence-electron chi connectivity index (χ3n) is 5.29. The molecule has 0 aromatic heterocycles. The first kappa shape index (κ1) is 16.0. The van der Waals surface area contributed by atoms with Crippen LogP contribution in [0.25, 0.3) is 0 Å². The minimum absolute atomic E-state index is 0.0229. The van der Waals surface area contributed by atoms with E-state index < -0.39 is 5.54 Å². The molecule has 124 valence electrons. The van der Waals surface area contributed by atoms with Crippen molar-refractivity contribution in [1.82, 2.24) is 10.2 Å². The number of benzene rings is 1. The van der Waals surface area contributed by atoms with Gasteiger partial charge in [0.05, 0.1) is 6.54 Å². The molecule has 0 unspecified atom stereocenters. The number of aryl methyl sites for hydroxylation is 2. The number of hydrogen-bond donors (Lipinski definition) is 1. The molecule has 4 heteroatoms. The molecule has 1 saturated heterocycles. The Bertz CT molecular complexity index is 616. The smallest absolute Gasteiger partial charge is 0.323 e. The number of rotatable bonds is 2. The molecule has 1 aliphatic carbocycles. The van der Waals surface area contributed by atoms with Crippen LogP contribution in [0.3, 0.4) is 0 Å². The molecule has 0 radical (unpaired) electrons. The first-order valence-corrected chi connectivity index (χ1v) is 8.72. The molecule has 23 heavy (non-hydrogen) atoms. The summed E-state index contributed by atoms with van der Waals surface area (Å²) in [6.07, 6.45) is 7.14. The molecule has 2 aliphatic rings. The number of carbonyl (C=O) groups is 2. The number of imide groups is 1. The van der Waals surface area contributed by atoms with Crippen LogP contribution in [0.5, 0.6) is 0 Å². The lowest BCUT2D eigenvalue weighted by molar-refractivity contribution is -0.132. The van der Waals surface area contributed by atoms with Crippen molar-refractivity contribution in [3.63, 3.8) is 0 Å². The van der Waals surface area contributed by atoms with Crippen LogP contribution in [0.1, 0.15) is 61.6 Å². The summed E-state index contributed by atoms with van der Waals surface area (Å²) in [4.78, 5) is 26.9. The number of hydrogen-bond acceptors (Lipinski definition) is 2. The second kappa shape index (κ2) is 6.34.